The van der Waals surface area contributed by atoms with Crippen molar-refractivity contribution in [2.45, 2.75) is 12.8 Å². The summed E-state index contributed by atoms with van der Waals surface area (Å²) in [5, 5.41) is 11.5. The van der Waals surface area contributed by atoms with Gasteiger partial charge in [0.1, 0.15) is 0 Å². The Hall–Kier alpha value is -1.30. The zero-order valence-electron chi connectivity index (χ0n) is 8.33. The van der Waals surface area contributed by atoms with E-state index in [-0.39, 0.29) is 12.5 Å². The van der Waals surface area contributed by atoms with Gasteiger partial charge in [-0.15, -0.1) is 0 Å². The Kier molecular flexibility index (Phi) is 2.75. The second-order valence-corrected chi connectivity index (χ2v) is 4.60. The highest BCUT2D eigenvalue weighted by Crippen LogP contribution is 2.45. The van der Waals surface area contributed by atoms with Gasteiger partial charge in [-0.1, -0.05) is 0 Å². The van der Waals surface area contributed by atoms with Gasteiger partial charge in [0.25, 0.3) is 5.91 Å². The molecule has 1 fully saturated rings. The van der Waals surface area contributed by atoms with Crippen molar-refractivity contribution in [1.82, 2.24) is 5.32 Å². The summed E-state index contributed by atoms with van der Waals surface area (Å²) in [7, 11) is 0. The average Bonchev–Trinajstić information content (AvgIpc) is 2.92. The van der Waals surface area contributed by atoms with Crippen LogP contribution in [0, 0.1) is 5.41 Å². The summed E-state index contributed by atoms with van der Waals surface area (Å²) >= 11 is 3.09. The normalized spacial score (nSPS) is 16.8. The lowest BCUT2D eigenvalue weighted by atomic mass is 10.1. The first kappa shape index (κ1) is 11.2. The van der Waals surface area contributed by atoms with Crippen LogP contribution < -0.4 is 5.32 Å². The Balaban J connectivity index is 1.95. The number of amides is 1. The molecule has 0 aliphatic heterocycles. The molecule has 1 aliphatic carbocycles. The summed E-state index contributed by atoms with van der Waals surface area (Å²) in [6.07, 6.45) is 2.63. The third kappa shape index (κ3) is 1.97. The molecule has 2 N–H and O–H groups in total. The first-order valence-electron chi connectivity index (χ1n) is 4.80. The van der Waals surface area contributed by atoms with Crippen molar-refractivity contribution in [2.24, 2.45) is 5.41 Å². The first-order chi connectivity index (χ1) is 7.55. The summed E-state index contributed by atoms with van der Waals surface area (Å²) < 4.78 is 5.27. The van der Waals surface area contributed by atoms with Crippen LogP contribution in [0.15, 0.2) is 21.4 Å². The Morgan fingerprint density at radius 3 is 2.69 bits per heavy atom. The second-order valence-electron chi connectivity index (χ2n) is 3.88. The minimum absolute atomic E-state index is 0.165. The van der Waals surface area contributed by atoms with E-state index in [4.69, 9.17) is 9.52 Å². The lowest BCUT2D eigenvalue weighted by Gasteiger charge is -2.10. The van der Waals surface area contributed by atoms with Gasteiger partial charge >= 0.3 is 5.97 Å². The Morgan fingerprint density at radius 1 is 1.56 bits per heavy atom. The zero-order valence-corrected chi connectivity index (χ0v) is 9.91. The van der Waals surface area contributed by atoms with Crippen LogP contribution in [-0.2, 0) is 4.79 Å². The molecule has 1 aromatic rings. The summed E-state index contributed by atoms with van der Waals surface area (Å²) in [4.78, 5) is 22.5. The number of hydrogen-bond acceptors (Lipinski definition) is 3. The molecular formula is C10H10BrNO4. The van der Waals surface area contributed by atoms with Gasteiger partial charge in [-0.25, -0.2) is 0 Å². The summed E-state index contributed by atoms with van der Waals surface area (Å²) in [6, 6.07) is 1.53. The number of rotatable bonds is 4. The van der Waals surface area contributed by atoms with Gasteiger partial charge in [-0.2, -0.15) is 0 Å². The third-order valence-electron chi connectivity index (χ3n) is 2.76. The molecule has 0 aromatic carbocycles. The van der Waals surface area contributed by atoms with Gasteiger partial charge in [0, 0.05) is 6.54 Å². The highest BCUT2D eigenvalue weighted by Gasteiger charge is 2.50. The second kappa shape index (κ2) is 3.93. The van der Waals surface area contributed by atoms with Gasteiger partial charge < -0.3 is 14.8 Å². The van der Waals surface area contributed by atoms with E-state index in [2.05, 4.69) is 21.2 Å². The number of halogens is 1. The fourth-order valence-electron chi connectivity index (χ4n) is 1.42. The van der Waals surface area contributed by atoms with E-state index in [1.165, 1.54) is 12.3 Å². The lowest BCUT2D eigenvalue weighted by Crippen LogP contribution is -2.34. The van der Waals surface area contributed by atoms with Crippen LogP contribution in [0.1, 0.15) is 23.2 Å². The number of hydrogen-bond donors (Lipinski definition) is 2. The highest BCUT2D eigenvalue weighted by molar-refractivity contribution is 9.10. The minimum atomic E-state index is -0.848. The highest BCUT2D eigenvalue weighted by atomic mass is 79.9. The van der Waals surface area contributed by atoms with Crippen LogP contribution in [0.5, 0.6) is 0 Å². The minimum Gasteiger partial charge on any atom is -0.481 e. The number of carboxylic acids is 1. The van der Waals surface area contributed by atoms with Crippen LogP contribution in [0.25, 0.3) is 0 Å². The molecule has 0 saturated heterocycles. The fraction of sp³-hybridized carbons (Fsp3) is 0.400. The molecule has 0 unspecified atom stereocenters. The molecule has 0 atom stereocenters. The largest absolute Gasteiger partial charge is 0.481 e. The molecule has 1 aromatic heterocycles. The van der Waals surface area contributed by atoms with Crippen molar-refractivity contribution in [3.05, 3.63) is 22.6 Å². The molecule has 2 rings (SSSR count). The summed E-state index contributed by atoms with van der Waals surface area (Å²) in [5.41, 5.74) is -0.368. The molecule has 0 bridgehead atoms. The van der Waals surface area contributed by atoms with Gasteiger partial charge in [0.2, 0.25) is 0 Å². The van der Waals surface area contributed by atoms with Crippen molar-refractivity contribution < 1.29 is 19.1 Å². The van der Waals surface area contributed by atoms with Crippen molar-refractivity contribution in [3.8, 4) is 0 Å². The maximum atomic E-state index is 11.6. The van der Waals surface area contributed by atoms with E-state index in [1.54, 1.807) is 0 Å². The van der Waals surface area contributed by atoms with Gasteiger partial charge in [-0.05, 0) is 34.8 Å². The topological polar surface area (TPSA) is 79.5 Å². The number of carboxylic acid groups (broad SMARTS) is 1. The molecular weight excluding hydrogens is 278 g/mol. The van der Waals surface area contributed by atoms with Crippen LogP contribution in [0.4, 0.5) is 0 Å². The zero-order chi connectivity index (χ0) is 11.8. The van der Waals surface area contributed by atoms with E-state index < -0.39 is 11.4 Å². The quantitative estimate of drug-likeness (QED) is 0.882. The number of carbonyl (C=O) groups excluding carboxylic acids is 1. The van der Waals surface area contributed by atoms with Crippen molar-refractivity contribution in [1.29, 1.82) is 0 Å². The molecule has 16 heavy (non-hydrogen) atoms. The van der Waals surface area contributed by atoms with Crippen molar-refractivity contribution in [3.63, 3.8) is 0 Å². The molecule has 1 saturated carbocycles. The van der Waals surface area contributed by atoms with E-state index in [0.29, 0.717) is 23.1 Å². The maximum absolute atomic E-state index is 11.6. The molecule has 0 radical (unpaired) electrons. The molecule has 0 spiro atoms. The predicted octanol–water partition coefficient (Wildman–Crippen LogP) is 1.64. The fourth-order valence-corrected chi connectivity index (χ4v) is 1.84. The van der Waals surface area contributed by atoms with E-state index in [1.807, 2.05) is 0 Å². The van der Waals surface area contributed by atoms with Gasteiger partial charge in [0.15, 0.2) is 4.67 Å². The molecule has 6 heteroatoms. The molecule has 1 heterocycles. The molecule has 1 amide bonds. The Morgan fingerprint density at radius 2 is 2.25 bits per heavy atom. The molecule has 86 valence electrons. The van der Waals surface area contributed by atoms with Crippen LogP contribution in [0.2, 0.25) is 0 Å². The third-order valence-corrected chi connectivity index (χ3v) is 3.37. The number of carbonyl (C=O) groups is 2. The SMILES string of the molecule is O=C(NCC1(C(=O)O)CC1)c1ccoc1Br. The van der Waals surface area contributed by atoms with E-state index in [9.17, 15) is 9.59 Å². The average molecular weight is 288 g/mol. The van der Waals surface area contributed by atoms with Gasteiger partial charge in [-0.3, -0.25) is 9.59 Å². The van der Waals surface area contributed by atoms with Crippen molar-refractivity contribution >= 4 is 27.8 Å². The van der Waals surface area contributed by atoms with E-state index in [0.717, 1.165) is 0 Å². The maximum Gasteiger partial charge on any atom is 0.311 e. The smallest absolute Gasteiger partial charge is 0.311 e. The van der Waals surface area contributed by atoms with Gasteiger partial charge in [0.05, 0.1) is 17.2 Å². The van der Waals surface area contributed by atoms with Crippen LogP contribution in [-0.4, -0.2) is 23.5 Å². The summed E-state index contributed by atoms with van der Waals surface area (Å²) in [6.45, 7) is 0.165. The summed E-state index contributed by atoms with van der Waals surface area (Å²) in [5.74, 6) is -1.17. The number of furan rings is 1. The Labute approximate surface area is 99.9 Å². The molecule has 1 aliphatic rings. The molecule has 5 nitrogen and oxygen atoms in total. The van der Waals surface area contributed by atoms with Crippen molar-refractivity contribution in [2.75, 3.05) is 6.54 Å². The van der Waals surface area contributed by atoms with E-state index >= 15 is 0 Å². The predicted molar refractivity (Wildman–Crippen MR) is 58.0 cm³/mol. The first-order valence-corrected chi connectivity index (χ1v) is 5.59. The lowest BCUT2D eigenvalue weighted by molar-refractivity contribution is -0.143. The standard InChI is InChI=1S/C10H10BrNO4/c11-7-6(1-4-16-7)8(13)12-5-10(2-3-10)9(14)15/h1,4H,2-3,5H2,(H,12,13)(H,14,15). The Bertz CT molecular complexity index is 436. The van der Waals surface area contributed by atoms with Crippen LogP contribution >= 0.6 is 15.9 Å². The number of nitrogens with one attached hydrogen (secondary N) is 1. The van der Waals surface area contributed by atoms with Crippen LogP contribution in [0.3, 0.4) is 0 Å². The number of aliphatic carboxylic acids is 1. The monoisotopic (exact) mass is 287 g/mol.